The maximum atomic E-state index is 12.6. The van der Waals surface area contributed by atoms with Gasteiger partial charge in [0.2, 0.25) is 5.91 Å². The molecule has 0 unspecified atom stereocenters. The third kappa shape index (κ3) is 5.00. The minimum Gasteiger partial charge on any atom is -0.493 e. The number of amides is 2. The number of anilines is 1. The van der Waals surface area contributed by atoms with Crippen molar-refractivity contribution in [2.24, 2.45) is 0 Å². The number of thioether (sulfide) groups is 1. The molecule has 0 bridgehead atoms. The van der Waals surface area contributed by atoms with E-state index in [1.807, 2.05) is 43.5 Å². The summed E-state index contributed by atoms with van der Waals surface area (Å²) < 4.78 is 5.49. The van der Waals surface area contributed by atoms with E-state index in [0.717, 1.165) is 10.6 Å². The second-order valence-corrected chi connectivity index (χ2v) is 6.19. The fourth-order valence-corrected chi connectivity index (χ4v) is 2.91. The summed E-state index contributed by atoms with van der Waals surface area (Å²) in [4.78, 5) is 27.3. The molecule has 6 heteroatoms. The van der Waals surface area contributed by atoms with Gasteiger partial charge >= 0.3 is 0 Å². The number of benzene rings is 2. The van der Waals surface area contributed by atoms with E-state index >= 15 is 0 Å². The number of carbonyl (C=O) groups excluding carboxylic acids is 2. The molecule has 0 radical (unpaired) electrons. The van der Waals surface area contributed by atoms with Crippen molar-refractivity contribution in [1.82, 2.24) is 4.90 Å². The van der Waals surface area contributed by atoms with Crippen LogP contribution < -0.4 is 10.1 Å². The Kier molecular flexibility index (Phi) is 6.89. The molecule has 0 aliphatic carbocycles. The van der Waals surface area contributed by atoms with Gasteiger partial charge in [0.25, 0.3) is 5.91 Å². The highest BCUT2D eigenvalue weighted by molar-refractivity contribution is 7.98. The molecule has 0 saturated carbocycles. The van der Waals surface area contributed by atoms with Crippen LogP contribution in [0.5, 0.6) is 5.75 Å². The molecular formula is C19H22N2O3S. The molecule has 2 rings (SSSR count). The molecule has 0 saturated heterocycles. The van der Waals surface area contributed by atoms with Crippen LogP contribution in [0.1, 0.15) is 17.3 Å². The zero-order valence-electron chi connectivity index (χ0n) is 14.6. The van der Waals surface area contributed by atoms with E-state index < -0.39 is 0 Å². The normalized spacial score (nSPS) is 10.2. The van der Waals surface area contributed by atoms with Gasteiger partial charge in [-0.3, -0.25) is 9.59 Å². The molecule has 0 aliphatic heterocycles. The van der Waals surface area contributed by atoms with Gasteiger partial charge in [0, 0.05) is 11.9 Å². The van der Waals surface area contributed by atoms with Crippen LogP contribution in [0.4, 0.5) is 5.69 Å². The quantitative estimate of drug-likeness (QED) is 0.770. The van der Waals surface area contributed by atoms with Gasteiger partial charge in [0.05, 0.1) is 24.4 Å². The Bertz CT molecular complexity index is 749. The molecule has 2 aromatic rings. The number of hydrogen-bond donors (Lipinski definition) is 1. The van der Waals surface area contributed by atoms with Crippen molar-refractivity contribution in [3.63, 3.8) is 0 Å². The van der Waals surface area contributed by atoms with E-state index in [1.165, 1.54) is 4.90 Å². The summed E-state index contributed by atoms with van der Waals surface area (Å²) in [5.41, 5.74) is 1.19. The lowest BCUT2D eigenvalue weighted by Crippen LogP contribution is -2.35. The molecule has 0 fully saturated rings. The molecule has 1 N–H and O–H groups in total. The predicted molar refractivity (Wildman–Crippen MR) is 101 cm³/mol. The van der Waals surface area contributed by atoms with E-state index in [9.17, 15) is 9.59 Å². The highest BCUT2D eigenvalue weighted by Crippen LogP contribution is 2.24. The van der Waals surface area contributed by atoms with Crippen LogP contribution in [-0.2, 0) is 4.79 Å². The first-order valence-corrected chi connectivity index (χ1v) is 9.19. The Morgan fingerprint density at radius 3 is 2.52 bits per heavy atom. The molecule has 0 heterocycles. The van der Waals surface area contributed by atoms with Crippen LogP contribution in [0.3, 0.4) is 0 Å². The van der Waals surface area contributed by atoms with Gasteiger partial charge in [-0.1, -0.05) is 24.3 Å². The lowest BCUT2D eigenvalue weighted by Gasteiger charge is -2.19. The van der Waals surface area contributed by atoms with Crippen molar-refractivity contribution in [1.29, 1.82) is 0 Å². The van der Waals surface area contributed by atoms with Crippen molar-refractivity contribution in [3.05, 3.63) is 54.1 Å². The fraction of sp³-hybridized carbons (Fsp3) is 0.263. The molecule has 25 heavy (non-hydrogen) atoms. The molecule has 5 nitrogen and oxygen atoms in total. The van der Waals surface area contributed by atoms with Crippen molar-refractivity contribution in [2.45, 2.75) is 11.8 Å². The summed E-state index contributed by atoms with van der Waals surface area (Å²) in [7, 11) is 1.60. The molecular weight excluding hydrogens is 336 g/mol. The topological polar surface area (TPSA) is 58.6 Å². The Hall–Kier alpha value is -2.47. The summed E-state index contributed by atoms with van der Waals surface area (Å²) >= 11 is 1.56. The molecule has 2 aromatic carbocycles. The van der Waals surface area contributed by atoms with Crippen LogP contribution >= 0.6 is 11.8 Å². The standard InChI is InChI=1S/C19H22N2O3S/c1-4-24-16-11-7-5-9-14(16)19(23)21(2)13-18(22)20-15-10-6-8-12-17(15)25-3/h5-12H,4,13H2,1-3H3,(H,20,22). The minimum atomic E-state index is -0.252. The maximum absolute atomic E-state index is 12.6. The van der Waals surface area contributed by atoms with Gasteiger partial charge in [-0.2, -0.15) is 0 Å². The number of nitrogens with one attached hydrogen (secondary N) is 1. The van der Waals surface area contributed by atoms with E-state index in [-0.39, 0.29) is 18.4 Å². The summed E-state index contributed by atoms with van der Waals surface area (Å²) in [6, 6.07) is 14.6. The maximum Gasteiger partial charge on any atom is 0.257 e. The average Bonchev–Trinajstić information content (AvgIpc) is 2.62. The average molecular weight is 358 g/mol. The fourth-order valence-electron chi connectivity index (χ4n) is 2.36. The molecule has 2 amide bonds. The Labute approximate surface area is 152 Å². The third-order valence-electron chi connectivity index (χ3n) is 3.53. The number of ether oxygens (including phenoxy) is 1. The molecule has 0 aliphatic rings. The first kappa shape index (κ1) is 18.9. The van der Waals surface area contributed by atoms with Gasteiger partial charge in [0.1, 0.15) is 5.75 Å². The predicted octanol–water partition coefficient (Wildman–Crippen LogP) is 3.52. The number of para-hydroxylation sites is 2. The second kappa shape index (κ2) is 9.13. The number of likely N-dealkylation sites (N-methyl/N-ethyl adjacent to an activating group) is 1. The lowest BCUT2D eigenvalue weighted by atomic mass is 10.1. The zero-order valence-corrected chi connectivity index (χ0v) is 15.4. The summed E-state index contributed by atoms with van der Waals surface area (Å²) in [6.45, 7) is 2.30. The summed E-state index contributed by atoms with van der Waals surface area (Å²) in [5.74, 6) is 0.0265. The number of rotatable bonds is 7. The van der Waals surface area contributed by atoms with Gasteiger partial charge in [-0.15, -0.1) is 11.8 Å². The highest BCUT2D eigenvalue weighted by atomic mass is 32.2. The van der Waals surface area contributed by atoms with Crippen molar-refractivity contribution in [3.8, 4) is 5.75 Å². The zero-order chi connectivity index (χ0) is 18.2. The molecule has 132 valence electrons. The van der Waals surface area contributed by atoms with Gasteiger partial charge in [0.15, 0.2) is 0 Å². The summed E-state index contributed by atoms with van der Waals surface area (Å²) in [5, 5.41) is 2.85. The highest BCUT2D eigenvalue weighted by Gasteiger charge is 2.19. The Morgan fingerprint density at radius 1 is 1.12 bits per heavy atom. The molecule has 0 spiro atoms. The summed E-state index contributed by atoms with van der Waals surface area (Å²) in [6.07, 6.45) is 1.95. The second-order valence-electron chi connectivity index (χ2n) is 5.34. The van der Waals surface area contributed by atoms with Gasteiger partial charge in [-0.25, -0.2) is 0 Å². The molecule has 0 aromatic heterocycles. The van der Waals surface area contributed by atoms with Crippen molar-refractivity contribution < 1.29 is 14.3 Å². The van der Waals surface area contributed by atoms with E-state index in [0.29, 0.717) is 17.9 Å². The van der Waals surface area contributed by atoms with Crippen LogP contribution in [0.15, 0.2) is 53.4 Å². The minimum absolute atomic E-state index is 0.0397. The number of hydrogen-bond acceptors (Lipinski definition) is 4. The van der Waals surface area contributed by atoms with E-state index in [1.54, 1.807) is 37.0 Å². The van der Waals surface area contributed by atoms with Crippen LogP contribution in [0.2, 0.25) is 0 Å². The van der Waals surface area contributed by atoms with Crippen LogP contribution in [0, 0.1) is 0 Å². The first-order chi connectivity index (χ1) is 12.1. The van der Waals surface area contributed by atoms with Gasteiger partial charge < -0.3 is 15.0 Å². The van der Waals surface area contributed by atoms with Crippen LogP contribution in [-0.4, -0.2) is 43.2 Å². The SMILES string of the molecule is CCOc1ccccc1C(=O)N(C)CC(=O)Nc1ccccc1SC. The van der Waals surface area contributed by atoms with Gasteiger partial charge in [-0.05, 0) is 37.4 Å². The van der Waals surface area contributed by atoms with Crippen molar-refractivity contribution >= 4 is 29.3 Å². The number of nitrogens with zero attached hydrogens (tertiary/aromatic N) is 1. The van der Waals surface area contributed by atoms with Crippen molar-refractivity contribution in [2.75, 3.05) is 31.8 Å². The monoisotopic (exact) mass is 358 g/mol. The lowest BCUT2D eigenvalue weighted by molar-refractivity contribution is -0.116. The van der Waals surface area contributed by atoms with Crippen LogP contribution in [0.25, 0.3) is 0 Å². The number of carbonyl (C=O) groups is 2. The molecule has 0 atom stereocenters. The third-order valence-corrected chi connectivity index (χ3v) is 4.32. The first-order valence-electron chi connectivity index (χ1n) is 7.97. The van der Waals surface area contributed by atoms with E-state index in [2.05, 4.69) is 5.32 Å². The van der Waals surface area contributed by atoms with E-state index in [4.69, 9.17) is 4.74 Å². The smallest absolute Gasteiger partial charge is 0.257 e. The Balaban J connectivity index is 2.05. The largest absolute Gasteiger partial charge is 0.493 e. The Morgan fingerprint density at radius 2 is 1.80 bits per heavy atom.